The Hall–Kier alpha value is -0.610. The van der Waals surface area contributed by atoms with Crippen LogP contribution >= 0.6 is 0 Å². The molecule has 0 aromatic carbocycles. The lowest BCUT2D eigenvalue weighted by Crippen LogP contribution is -2.52. The molecule has 4 heteroatoms. The number of rotatable bonds is 2. The van der Waals surface area contributed by atoms with E-state index in [4.69, 9.17) is 10.5 Å². The number of nitrogens with two attached hydrogens (primary N) is 1. The summed E-state index contributed by atoms with van der Waals surface area (Å²) in [6.45, 7) is 4.60. The minimum absolute atomic E-state index is 0.325. The molecule has 4 nitrogen and oxygen atoms in total. The third-order valence-corrected chi connectivity index (χ3v) is 3.92. The molecule has 1 saturated heterocycles. The molecule has 0 aromatic rings. The Kier molecular flexibility index (Phi) is 3.82. The fourth-order valence-electron chi connectivity index (χ4n) is 2.78. The number of carbonyl (C=O) groups is 1. The minimum atomic E-state index is -0.395. The molecule has 0 bridgehead atoms. The van der Waals surface area contributed by atoms with Gasteiger partial charge < -0.3 is 10.5 Å². The Bertz CT molecular complexity index is 249. The summed E-state index contributed by atoms with van der Waals surface area (Å²) >= 11 is 0. The lowest BCUT2D eigenvalue weighted by molar-refractivity contribution is -0.136. The van der Waals surface area contributed by atoms with E-state index in [1.807, 2.05) is 0 Å². The molecule has 0 aromatic heterocycles. The van der Waals surface area contributed by atoms with Crippen molar-refractivity contribution in [2.45, 2.75) is 44.8 Å². The normalized spacial score (nSPS) is 37.2. The zero-order valence-electron chi connectivity index (χ0n) is 10.0. The summed E-state index contributed by atoms with van der Waals surface area (Å²) in [5, 5.41) is 0. The van der Waals surface area contributed by atoms with E-state index in [-0.39, 0.29) is 5.91 Å². The Morgan fingerprint density at radius 2 is 2.00 bits per heavy atom. The van der Waals surface area contributed by atoms with Crippen molar-refractivity contribution in [3.63, 3.8) is 0 Å². The maximum atomic E-state index is 11.1. The molecule has 1 unspecified atom stereocenters. The summed E-state index contributed by atoms with van der Waals surface area (Å²) in [4.78, 5) is 13.5. The highest BCUT2D eigenvalue weighted by atomic mass is 16.5. The molecule has 2 rings (SSSR count). The van der Waals surface area contributed by atoms with Crippen LogP contribution in [0.25, 0.3) is 0 Å². The number of amides is 1. The van der Waals surface area contributed by atoms with Crippen LogP contribution in [0.1, 0.15) is 32.6 Å². The van der Waals surface area contributed by atoms with E-state index in [9.17, 15) is 4.79 Å². The van der Waals surface area contributed by atoms with Crippen molar-refractivity contribution in [2.24, 2.45) is 11.7 Å². The van der Waals surface area contributed by atoms with E-state index < -0.39 is 6.10 Å². The molecule has 0 radical (unpaired) electrons. The Morgan fingerprint density at radius 3 is 2.62 bits per heavy atom. The summed E-state index contributed by atoms with van der Waals surface area (Å²) in [5.74, 6) is 0.540. The Labute approximate surface area is 97.1 Å². The summed E-state index contributed by atoms with van der Waals surface area (Å²) in [7, 11) is 0. The molecule has 1 aliphatic heterocycles. The van der Waals surface area contributed by atoms with Gasteiger partial charge in [0.05, 0.1) is 6.61 Å². The molecule has 2 N–H and O–H groups in total. The monoisotopic (exact) mass is 226 g/mol. The van der Waals surface area contributed by atoms with E-state index in [1.54, 1.807) is 0 Å². The number of carbonyl (C=O) groups excluding carboxylic acids is 1. The van der Waals surface area contributed by atoms with Gasteiger partial charge in [0.1, 0.15) is 6.10 Å². The lowest BCUT2D eigenvalue weighted by Gasteiger charge is -2.40. The third kappa shape index (κ3) is 2.74. The smallest absolute Gasteiger partial charge is 0.247 e. The van der Waals surface area contributed by atoms with E-state index in [2.05, 4.69) is 11.8 Å². The molecule has 0 spiro atoms. The summed E-state index contributed by atoms with van der Waals surface area (Å²) in [5.41, 5.74) is 5.29. The van der Waals surface area contributed by atoms with Gasteiger partial charge in [-0.25, -0.2) is 0 Å². The van der Waals surface area contributed by atoms with Crippen molar-refractivity contribution >= 4 is 5.91 Å². The number of morpholine rings is 1. The van der Waals surface area contributed by atoms with Gasteiger partial charge in [0.25, 0.3) is 0 Å². The topological polar surface area (TPSA) is 55.6 Å². The number of nitrogens with zero attached hydrogens (tertiary/aromatic N) is 1. The molecular weight excluding hydrogens is 204 g/mol. The summed E-state index contributed by atoms with van der Waals surface area (Å²) in [6, 6.07) is 0.641. The van der Waals surface area contributed by atoms with E-state index in [0.29, 0.717) is 19.2 Å². The number of primary amides is 1. The first-order valence-corrected chi connectivity index (χ1v) is 6.32. The first kappa shape index (κ1) is 11.9. The fourth-order valence-corrected chi connectivity index (χ4v) is 2.78. The number of ether oxygens (including phenoxy) is 1. The van der Waals surface area contributed by atoms with Crippen LogP contribution in [-0.2, 0) is 9.53 Å². The maximum absolute atomic E-state index is 11.1. The molecule has 2 aliphatic rings. The van der Waals surface area contributed by atoms with Crippen molar-refractivity contribution in [3.05, 3.63) is 0 Å². The zero-order valence-corrected chi connectivity index (χ0v) is 10.0. The van der Waals surface area contributed by atoms with Crippen LogP contribution in [0.2, 0.25) is 0 Å². The Balaban J connectivity index is 1.87. The quantitative estimate of drug-likeness (QED) is 0.756. The van der Waals surface area contributed by atoms with Gasteiger partial charge in [-0.1, -0.05) is 6.92 Å². The van der Waals surface area contributed by atoms with Crippen molar-refractivity contribution in [3.8, 4) is 0 Å². The molecule has 2 fully saturated rings. The highest BCUT2D eigenvalue weighted by molar-refractivity contribution is 5.79. The SMILES string of the molecule is CC1CCC(N2CCOC(C(N)=O)C2)CC1. The van der Waals surface area contributed by atoms with Gasteiger partial charge in [0.2, 0.25) is 5.91 Å². The first-order valence-electron chi connectivity index (χ1n) is 6.32. The van der Waals surface area contributed by atoms with Gasteiger partial charge in [-0.2, -0.15) is 0 Å². The van der Waals surface area contributed by atoms with Gasteiger partial charge >= 0.3 is 0 Å². The lowest BCUT2D eigenvalue weighted by atomic mass is 9.86. The van der Waals surface area contributed by atoms with Crippen molar-refractivity contribution in [2.75, 3.05) is 19.7 Å². The van der Waals surface area contributed by atoms with Gasteiger partial charge in [0, 0.05) is 19.1 Å². The van der Waals surface area contributed by atoms with Crippen LogP contribution in [-0.4, -0.2) is 42.6 Å². The second kappa shape index (κ2) is 5.15. The average Bonchev–Trinajstić information content (AvgIpc) is 2.30. The number of hydrogen-bond donors (Lipinski definition) is 1. The van der Waals surface area contributed by atoms with Gasteiger partial charge in [-0.05, 0) is 31.6 Å². The number of hydrogen-bond acceptors (Lipinski definition) is 3. The molecule has 1 saturated carbocycles. The van der Waals surface area contributed by atoms with E-state index >= 15 is 0 Å². The predicted molar refractivity (Wildman–Crippen MR) is 61.9 cm³/mol. The van der Waals surface area contributed by atoms with Crippen molar-refractivity contribution < 1.29 is 9.53 Å². The molecule has 16 heavy (non-hydrogen) atoms. The predicted octanol–water partition coefficient (Wildman–Crippen LogP) is 0.751. The van der Waals surface area contributed by atoms with E-state index in [0.717, 1.165) is 12.5 Å². The fraction of sp³-hybridized carbons (Fsp3) is 0.917. The second-order valence-electron chi connectivity index (χ2n) is 5.17. The molecule has 1 amide bonds. The molecule has 1 heterocycles. The largest absolute Gasteiger partial charge is 0.367 e. The first-order chi connectivity index (χ1) is 7.66. The van der Waals surface area contributed by atoms with Crippen LogP contribution < -0.4 is 5.73 Å². The maximum Gasteiger partial charge on any atom is 0.247 e. The van der Waals surface area contributed by atoms with Gasteiger partial charge in [0.15, 0.2) is 0 Å². The van der Waals surface area contributed by atoms with Crippen LogP contribution in [0.15, 0.2) is 0 Å². The van der Waals surface area contributed by atoms with Crippen LogP contribution in [0.3, 0.4) is 0 Å². The van der Waals surface area contributed by atoms with Crippen LogP contribution in [0, 0.1) is 5.92 Å². The summed E-state index contributed by atoms with van der Waals surface area (Å²) < 4.78 is 5.37. The molecular formula is C12H22N2O2. The highest BCUT2D eigenvalue weighted by Gasteiger charge is 2.30. The van der Waals surface area contributed by atoms with Gasteiger partial charge in [-0.15, -0.1) is 0 Å². The molecule has 1 aliphatic carbocycles. The van der Waals surface area contributed by atoms with Crippen molar-refractivity contribution in [1.29, 1.82) is 0 Å². The second-order valence-corrected chi connectivity index (χ2v) is 5.17. The van der Waals surface area contributed by atoms with Crippen LogP contribution in [0.5, 0.6) is 0 Å². The zero-order chi connectivity index (χ0) is 11.5. The van der Waals surface area contributed by atoms with Gasteiger partial charge in [-0.3, -0.25) is 9.69 Å². The molecule has 1 atom stereocenters. The summed E-state index contributed by atoms with van der Waals surface area (Å²) in [6.07, 6.45) is 4.74. The minimum Gasteiger partial charge on any atom is -0.367 e. The standard InChI is InChI=1S/C12H22N2O2/c1-9-2-4-10(5-3-9)14-6-7-16-11(8-14)12(13)15/h9-11H,2-8H2,1H3,(H2,13,15). The average molecular weight is 226 g/mol. The Morgan fingerprint density at radius 1 is 1.31 bits per heavy atom. The molecule has 92 valence electrons. The third-order valence-electron chi connectivity index (χ3n) is 3.92. The van der Waals surface area contributed by atoms with E-state index in [1.165, 1.54) is 25.7 Å². The van der Waals surface area contributed by atoms with Crippen molar-refractivity contribution in [1.82, 2.24) is 4.90 Å². The van der Waals surface area contributed by atoms with Crippen LogP contribution in [0.4, 0.5) is 0 Å². The highest BCUT2D eigenvalue weighted by Crippen LogP contribution is 2.27.